The Morgan fingerprint density at radius 3 is 2.41 bits per heavy atom. The van der Waals surface area contributed by atoms with Gasteiger partial charge in [0.15, 0.2) is 6.29 Å². The van der Waals surface area contributed by atoms with E-state index in [0.717, 1.165) is 5.57 Å². The first-order chi connectivity index (χ1) is 19.2. The van der Waals surface area contributed by atoms with Crippen molar-refractivity contribution in [2.75, 3.05) is 13.2 Å². The molecule has 8 N–H and O–H groups in total. The number of cyclic esters (lactones) is 1. The SMILES string of the molecule is CC1O[C@@H](OC2CC(O)[C@@]3(CO)C4C(O)C[C@@]5(C)C(C6=CC(=O)OC6)CC[C@]5(O)C4CC[C@]3(O)C2)C(O)C(O)C1O. The van der Waals surface area contributed by atoms with Crippen molar-refractivity contribution in [2.45, 2.75) is 119 Å². The fourth-order valence-electron chi connectivity index (χ4n) is 10.1. The molecule has 41 heavy (non-hydrogen) atoms. The van der Waals surface area contributed by atoms with Crippen LogP contribution in [0.25, 0.3) is 0 Å². The fourth-order valence-corrected chi connectivity index (χ4v) is 10.1. The van der Waals surface area contributed by atoms with Crippen LogP contribution in [-0.4, -0.2) is 120 Å². The van der Waals surface area contributed by atoms with Crippen LogP contribution < -0.4 is 0 Å². The molecule has 6 aliphatic rings. The Balaban J connectivity index is 1.28. The van der Waals surface area contributed by atoms with Crippen LogP contribution in [0, 0.1) is 28.6 Å². The van der Waals surface area contributed by atoms with Gasteiger partial charge in [0, 0.05) is 30.3 Å². The summed E-state index contributed by atoms with van der Waals surface area (Å²) in [7, 11) is 0. The number of hydrogen-bond acceptors (Lipinski definition) is 12. The molecule has 0 amide bonds. The second-order valence-corrected chi connectivity index (χ2v) is 13.8. The van der Waals surface area contributed by atoms with Crippen LogP contribution in [-0.2, 0) is 19.0 Å². The molecule has 5 fully saturated rings. The van der Waals surface area contributed by atoms with Gasteiger partial charge < -0.3 is 55.1 Å². The molecule has 0 aromatic carbocycles. The van der Waals surface area contributed by atoms with Gasteiger partial charge in [-0.05, 0) is 56.4 Å². The van der Waals surface area contributed by atoms with Gasteiger partial charge >= 0.3 is 5.97 Å². The Labute approximate surface area is 238 Å². The molecule has 2 heterocycles. The quantitative estimate of drug-likeness (QED) is 0.140. The molecule has 4 aliphatic carbocycles. The second-order valence-electron chi connectivity index (χ2n) is 13.8. The van der Waals surface area contributed by atoms with Crippen LogP contribution in [0.3, 0.4) is 0 Å². The topological polar surface area (TPSA) is 207 Å². The molecule has 2 aliphatic heterocycles. The highest BCUT2D eigenvalue weighted by Crippen LogP contribution is 2.70. The van der Waals surface area contributed by atoms with Gasteiger partial charge in [-0.3, -0.25) is 0 Å². The zero-order valence-electron chi connectivity index (χ0n) is 23.5. The molecule has 4 saturated carbocycles. The van der Waals surface area contributed by atoms with Crippen molar-refractivity contribution < 1.29 is 59.9 Å². The van der Waals surface area contributed by atoms with Gasteiger partial charge in [0.1, 0.15) is 24.9 Å². The number of ether oxygens (including phenoxy) is 3. The third-order valence-electron chi connectivity index (χ3n) is 12.2. The minimum absolute atomic E-state index is 0.0369. The first-order valence-electron chi connectivity index (χ1n) is 14.9. The Hall–Kier alpha value is -1.19. The molecule has 0 aromatic heterocycles. The highest BCUT2D eigenvalue weighted by atomic mass is 16.7. The highest BCUT2D eigenvalue weighted by molar-refractivity contribution is 5.85. The standard InChI is InChI=1S/C29H44O12/c1-13-22(34)23(35)24(36)25(40-13)41-15-8-19(32)28(12-30)21-17(3-5-27(28,37)9-15)29(38)6-4-16(14-7-20(33)39-11-14)26(29,2)10-18(21)31/h7,13,15-19,21-25,30-32,34-38H,3-6,8-12H2,1-2H3/t13?,15?,16?,17?,18?,19?,21?,22?,23?,24?,25-,26-,27-,28-,29-/m0/s1. The lowest BCUT2D eigenvalue weighted by molar-refractivity contribution is -0.342. The summed E-state index contributed by atoms with van der Waals surface area (Å²) in [6, 6.07) is 0. The Bertz CT molecular complexity index is 1080. The number of aliphatic hydroxyl groups is 8. The summed E-state index contributed by atoms with van der Waals surface area (Å²) < 4.78 is 16.7. The van der Waals surface area contributed by atoms with Gasteiger partial charge in [0.25, 0.3) is 0 Å². The normalized spacial score (nSPS) is 56.9. The maximum Gasteiger partial charge on any atom is 0.331 e. The van der Waals surface area contributed by atoms with E-state index in [2.05, 4.69) is 0 Å². The molecule has 0 bridgehead atoms. The van der Waals surface area contributed by atoms with E-state index in [9.17, 15) is 45.6 Å². The first-order valence-corrected chi connectivity index (χ1v) is 14.9. The largest absolute Gasteiger partial charge is 0.458 e. The minimum atomic E-state index is -1.67. The average Bonchev–Trinajstić information content (AvgIpc) is 3.45. The van der Waals surface area contributed by atoms with Gasteiger partial charge in [-0.15, -0.1) is 0 Å². The van der Waals surface area contributed by atoms with Crippen molar-refractivity contribution in [3.05, 3.63) is 11.6 Å². The van der Waals surface area contributed by atoms with E-state index in [4.69, 9.17) is 14.2 Å². The second kappa shape index (κ2) is 9.91. The van der Waals surface area contributed by atoms with Gasteiger partial charge in [0.05, 0.1) is 47.6 Å². The zero-order chi connectivity index (χ0) is 29.7. The lowest BCUT2D eigenvalue weighted by Gasteiger charge is -2.68. The molecule has 0 aromatic rings. The molecular formula is C29H44O12. The summed E-state index contributed by atoms with van der Waals surface area (Å²) in [4.78, 5) is 11.8. The third-order valence-corrected chi connectivity index (χ3v) is 12.2. The summed E-state index contributed by atoms with van der Waals surface area (Å²) in [6.07, 6.45) is -6.68. The Morgan fingerprint density at radius 1 is 1.02 bits per heavy atom. The minimum Gasteiger partial charge on any atom is -0.458 e. The third kappa shape index (κ3) is 3.99. The van der Waals surface area contributed by atoms with E-state index < -0.39 is 95.5 Å². The van der Waals surface area contributed by atoms with Crippen LogP contribution in [0.15, 0.2) is 11.6 Å². The van der Waals surface area contributed by atoms with E-state index in [-0.39, 0.29) is 38.2 Å². The lowest BCUT2D eigenvalue weighted by atomic mass is 9.40. The maximum absolute atomic E-state index is 12.4. The van der Waals surface area contributed by atoms with E-state index >= 15 is 0 Å². The molecule has 0 radical (unpaired) electrons. The van der Waals surface area contributed by atoms with Crippen LogP contribution >= 0.6 is 0 Å². The smallest absolute Gasteiger partial charge is 0.331 e. The van der Waals surface area contributed by atoms with Crippen molar-refractivity contribution in [1.82, 2.24) is 0 Å². The first kappa shape index (κ1) is 29.9. The molecule has 232 valence electrons. The highest BCUT2D eigenvalue weighted by Gasteiger charge is 2.75. The average molecular weight is 585 g/mol. The molecule has 1 saturated heterocycles. The predicted molar refractivity (Wildman–Crippen MR) is 139 cm³/mol. The van der Waals surface area contributed by atoms with Crippen LogP contribution in [0.4, 0.5) is 0 Å². The number of aliphatic hydroxyl groups excluding tert-OH is 6. The summed E-state index contributed by atoms with van der Waals surface area (Å²) >= 11 is 0. The molecule has 12 heteroatoms. The number of rotatable bonds is 4. The van der Waals surface area contributed by atoms with E-state index in [1.54, 1.807) is 0 Å². The molecule has 0 spiro atoms. The molecule has 10 unspecified atom stereocenters. The monoisotopic (exact) mass is 584 g/mol. The van der Waals surface area contributed by atoms with Gasteiger partial charge in [-0.1, -0.05) is 6.92 Å². The van der Waals surface area contributed by atoms with Crippen LogP contribution in [0.5, 0.6) is 0 Å². The van der Waals surface area contributed by atoms with Crippen molar-refractivity contribution in [3.63, 3.8) is 0 Å². The van der Waals surface area contributed by atoms with E-state index in [0.29, 0.717) is 19.3 Å². The number of carbonyl (C=O) groups excluding carboxylic acids is 1. The summed E-state index contributed by atoms with van der Waals surface area (Å²) in [5.74, 6) is -1.93. The molecule has 6 rings (SSSR count). The number of hydrogen-bond donors (Lipinski definition) is 8. The van der Waals surface area contributed by atoms with Crippen molar-refractivity contribution >= 4 is 5.97 Å². The Morgan fingerprint density at radius 2 is 1.76 bits per heavy atom. The van der Waals surface area contributed by atoms with Crippen LogP contribution in [0.1, 0.15) is 58.8 Å². The lowest BCUT2D eigenvalue weighted by Crippen LogP contribution is -2.76. The number of esters is 1. The predicted octanol–water partition coefficient (Wildman–Crippen LogP) is -1.51. The summed E-state index contributed by atoms with van der Waals surface area (Å²) in [5.41, 5.74) is -4.46. The Kier molecular flexibility index (Phi) is 7.22. The van der Waals surface area contributed by atoms with Gasteiger partial charge in [0.2, 0.25) is 0 Å². The van der Waals surface area contributed by atoms with Crippen molar-refractivity contribution in [2.24, 2.45) is 28.6 Å². The van der Waals surface area contributed by atoms with Crippen molar-refractivity contribution in [1.29, 1.82) is 0 Å². The number of fused-ring (bicyclic) bond motifs is 5. The van der Waals surface area contributed by atoms with E-state index in [1.165, 1.54) is 13.0 Å². The summed E-state index contributed by atoms with van der Waals surface area (Å²) in [6.45, 7) is 3.00. The van der Waals surface area contributed by atoms with Crippen molar-refractivity contribution in [3.8, 4) is 0 Å². The zero-order valence-corrected chi connectivity index (χ0v) is 23.5. The van der Waals surface area contributed by atoms with E-state index in [1.807, 2.05) is 6.92 Å². The molecule has 12 nitrogen and oxygen atoms in total. The molecular weight excluding hydrogens is 540 g/mol. The van der Waals surface area contributed by atoms with Gasteiger partial charge in [-0.2, -0.15) is 0 Å². The number of carbonyl (C=O) groups is 1. The maximum atomic E-state index is 12.4. The van der Waals surface area contributed by atoms with Gasteiger partial charge in [-0.25, -0.2) is 4.79 Å². The molecule has 15 atom stereocenters. The summed E-state index contributed by atoms with van der Waals surface area (Å²) in [5, 5.41) is 89.6. The van der Waals surface area contributed by atoms with Crippen LogP contribution in [0.2, 0.25) is 0 Å². The fraction of sp³-hybridized carbons (Fsp3) is 0.897.